The van der Waals surface area contributed by atoms with Crippen molar-refractivity contribution in [3.05, 3.63) is 12.2 Å². The number of nitrogens with one attached hydrogen (secondary N) is 1. The molecule has 0 aliphatic heterocycles. The van der Waals surface area contributed by atoms with Gasteiger partial charge in [-0.25, -0.2) is 8.78 Å². The van der Waals surface area contributed by atoms with E-state index < -0.39 is 6.43 Å². The third-order valence-corrected chi connectivity index (χ3v) is 2.13. The normalized spacial score (nSPS) is 12.5. The first-order valence-electron chi connectivity index (χ1n) is 5.77. The Hall–Kier alpha value is -0.520. The Bertz CT molecular complexity index is 227. The molecule has 0 saturated carbocycles. The van der Waals surface area contributed by atoms with E-state index in [4.69, 9.17) is 5.11 Å². The Morgan fingerprint density at radius 2 is 2.00 bits per heavy atom. The highest BCUT2D eigenvalue weighted by Gasteiger charge is 2.14. The van der Waals surface area contributed by atoms with Gasteiger partial charge in [0.1, 0.15) is 0 Å². The summed E-state index contributed by atoms with van der Waals surface area (Å²) in [5.41, 5.74) is 0.821. The monoisotopic (exact) mass is 250 g/mol. The van der Waals surface area contributed by atoms with Gasteiger partial charge in [-0.15, -0.1) is 0 Å². The van der Waals surface area contributed by atoms with Gasteiger partial charge in [0.05, 0.1) is 13.2 Å². The van der Waals surface area contributed by atoms with Crippen molar-refractivity contribution in [2.75, 3.05) is 32.8 Å². The first kappa shape index (κ1) is 16.5. The molecule has 0 fully saturated rings. The van der Waals surface area contributed by atoms with Crippen LogP contribution in [0.25, 0.3) is 0 Å². The van der Waals surface area contributed by atoms with Gasteiger partial charge in [0.25, 0.3) is 6.43 Å². The number of hydrogen-bond acceptors (Lipinski definition) is 3. The maximum absolute atomic E-state index is 12.3. The lowest BCUT2D eigenvalue weighted by atomic mass is 10.1. The fraction of sp³-hybridized carbons (Fsp3) is 0.833. The van der Waals surface area contributed by atoms with Gasteiger partial charge >= 0.3 is 0 Å². The Morgan fingerprint density at radius 1 is 1.41 bits per heavy atom. The van der Waals surface area contributed by atoms with E-state index in [1.807, 2.05) is 20.8 Å². The molecular weight excluding hydrogens is 226 g/mol. The zero-order valence-corrected chi connectivity index (χ0v) is 11.0. The molecule has 0 spiro atoms. The number of hydrogen-bond donors (Lipinski definition) is 2. The first-order valence-corrected chi connectivity index (χ1v) is 5.77. The molecule has 5 heteroatoms. The predicted molar refractivity (Wildman–Crippen MR) is 66.4 cm³/mol. The molecule has 0 aliphatic rings. The van der Waals surface area contributed by atoms with E-state index >= 15 is 0 Å². The molecule has 0 bridgehead atoms. The molecule has 0 saturated heterocycles. The quantitative estimate of drug-likeness (QED) is 0.641. The maximum Gasteiger partial charge on any atom is 0.251 e. The van der Waals surface area contributed by atoms with Crippen LogP contribution in [0.4, 0.5) is 8.78 Å². The number of aliphatic hydroxyl groups excluding tert-OH is 1. The minimum atomic E-state index is -2.38. The second kappa shape index (κ2) is 7.74. The van der Waals surface area contributed by atoms with Crippen molar-refractivity contribution in [3.8, 4) is 0 Å². The van der Waals surface area contributed by atoms with Gasteiger partial charge in [0.15, 0.2) is 0 Å². The van der Waals surface area contributed by atoms with Gasteiger partial charge < -0.3 is 10.4 Å². The molecule has 102 valence electrons. The summed E-state index contributed by atoms with van der Waals surface area (Å²) in [5, 5.41) is 12.0. The molecule has 0 unspecified atom stereocenters. The molecule has 0 aromatic rings. The average Bonchev–Trinajstić information content (AvgIpc) is 2.13. The average molecular weight is 250 g/mol. The van der Waals surface area contributed by atoms with Crippen molar-refractivity contribution in [2.24, 2.45) is 0 Å². The van der Waals surface area contributed by atoms with Crippen LogP contribution < -0.4 is 5.32 Å². The third-order valence-electron chi connectivity index (χ3n) is 2.13. The zero-order valence-electron chi connectivity index (χ0n) is 11.0. The predicted octanol–water partition coefficient (Wildman–Crippen LogP) is 1.49. The molecule has 0 aromatic heterocycles. The molecule has 3 nitrogen and oxygen atoms in total. The van der Waals surface area contributed by atoms with Crippen LogP contribution in [0.15, 0.2) is 12.2 Å². The molecule has 0 rings (SSSR count). The van der Waals surface area contributed by atoms with E-state index in [0.29, 0.717) is 13.1 Å². The summed E-state index contributed by atoms with van der Waals surface area (Å²) in [5.74, 6) is 0. The molecule has 0 aromatic carbocycles. The number of aliphatic hydroxyl groups is 1. The van der Waals surface area contributed by atoms with Crippen molar-refractivity contribution in [2.45, 2.75) is 32.7 Å². The van der Waals surface area contributed by atoms with Gasteiger partial charge in [0, 0.05) is 25.2 Å². The minimum Gasteiger partial charge on any atom is -0.395 e. The zero-order chi connectivity index (χ0) is 13.5. The molecule has 2 N–H and O–H groups in total. The van der Waals surface area contributed by atoms with Gasteiger partial charge in [-0.05, 0) is 26.3 Å². The topological polar surface area (TPSA) is 35.5 Å². The number of rotatable bonds is 8. The molecule has 0 atom stereocenters. The highest BCUT2D eigenvalue weighted by molar-refractivity contribution is 5.01. The second-order valence-corrected chi connectivity index (χ2v) is 5.20. The fourth-order valence-corrected chi connectivity index (χ4v) is 1.33. The summed E-state index contributed by atoms with van der Waals surface area (Å²) in [6, 6.07) is 0. The molecule has 0 amide bonds. The van der Waals surface area contributed by atoms with E-state index in [1.54, 1.807) is 0 Å². The van der Waals surface area contributed by atoms with Crippen molar-refractivity contribution >= 4 is 0 Å². The van der Waals surface area contributed by atoms with Crippen molar-refractivity contribution in [1.29, 1.82) is 0 Å². The Balaban J connectivity index is 4.03. The van der Waals surface area contributed by atoms with Crippen LogP contribution in [0, 0.1) is 0 Å². The molecule has 17 heavy (non-hydrogen) atoms. The highest BCUT2D eigenvalue weighted by atomic mass is 19.3. The van der Waals surface area contributed by atoms with Gasteiger partial charge in [-0.2, -0.15) is 0 Å². The van der Waals surface area contributed by atoms with E-state index in [1.165, 1.54) is 4.90 Å². The fourth-order valence-electron chi connectivity index (χ4n) is 1.33. The lowest BCUT2D eigenvalue weighted by Crippen LogP contribution is -2.40. The maximum atomic E-state index is 12.3. The number of alkyl halides is 2. The summed E-state index contributed by atoms with van der Waals surface area (Å²) < 4.78 is 24.5. The van der Waals surface area contributed by atoms with Crippen molar-refractivity contribution < 1.29 is 13.9 Å². The lowest BCUT2D eigenvalue weighted by molar-refractivity contribution is 0.0828. The Labute approximate surface area is 102 Å². The summed E-state index contributed by atoms with van der Waals surface area (Å²) in [7, 11) is 0. The molecule has 0 heterocycles. The molecule has 0 aliphatic carbocycles. The van der Waals surface area contributed by atoms with Crippen LogP contribution in [-0.4, -0.2) is 54.8 Å². The number of nitrogens with zero attached hydrogens (tertiary/aromatic N) is 1. The molecular formula is C12H24F2N2O. The van der Waals surface area contributed by atoms with E-state index in [2.05, 4.69) is 11.9 Å². The van der Waals surface area contributed by atoms with E-state index in [-0.39, 0.29) is 25.2 Å². The minimum absolute atomic E-state index is 0.0204. The Kier molecular flexibility index (Phi) is 7.50. The van der Waals surface area contributed by atoms with E-state index in [9.17, 15) is 8.78 Å². The molecule has 0 radical (unpaired) electrons. The smallest absolute Gasteiger partial charge is 0.251 e. The van der Waals surface area contributed by atoms with Crippen LogP contribution in [0.2, 0.25) is 0 Å². The standard InChI is InChI=1S/C12H24F2N2O/c1-10(7-15-12(2,3)4)8-16(5-6-17)9-11(13)14/h11,15,17H,1,5-9H2,2-4H3. The SMILES string of the molecule is C=C(CNC(C)(C)C)CN(CCO)CC(F)F. The first-order chi connectivity index (χ1) is 7.74. The van der Waals surface area contributed by atoms with E-state index in [0.717, 1.165) is 5.57 Å². The summed E-state index contributed by atoms with van der Waals surface area (Å²) in [6.45, 7) is 10.7. The van der Waals surface area contributed by atoms with Gasteiger partial charge in [0.2, 0.25) is 0 Å². The van der Waals surface area contributed by atoms with Gasteiger partial charge in [-0.1, -0.05) is 6.58 Å². The number of halogens is 2. The van der Waals surface area contributed by atoms with Crippen molar-refractivity contribution in [1.82, 2.24) is 10.2 Å². The highest BCUT2D eigenvalue weighted by Crippen LogP contribution is 2.04. The second-order valence-electron chi connectivity index (χ2n) is 5.20. The van der Waals surface area contributed by atoms with Crippen LogP contribution in [-0.2, 0) is 0 Å². The van der Waals surface area contributed by atoms with Crippen LogP contribution in [0.5, 0.6) is 0 Å². The van der Waals surface area contributed by atoms with Crippen LogP contribution >= 0.6 is 0 Å². The lowest BCUT2D eigenvalue weighted by Gasteiger charge is -2.25. The Morgan fingerprint density at radius 3 is 2.41 bits per heavy atom. The largest absolute Gasteiger partial charge is 0.395 e. The summed E-state index contributed by atoms with van der Waals surface area (Å²) in [4.78, 5) is 1.51. The van der Waals surface area contributed by atoms with Crippen LogP contribution in [0.3, 0.4) is 0 Å². The third kappa shape index (κ3) is 10.4. The van der Waals surface area contributed by atoms with Crippen molar-refractivity contribution in [3.63, 3.8) is 0 Å². The summed E-state index contributed by atoms with van der Waals surface area (Å²) in [6.07, 6.45) is -2.38. The van der Waals surface area contributed by atoms with Crippen LogP contribution in [0.1, 0.15) is 20.8 Å². The summed E-state index contributed by atoms with van der Waals surface area (Å²) >= 11 is 0. The van der Waals surface area contributed by atoms with Gasteiger partial charge in [-0.3, -0.25) is 4.90 Å².